The number of carbonyl (C=O) groups is 2. The Morgan fingerprint density at radius 1 is 1.10 bits per heavy atom. The highest BCUT2D eigenvalue weighted by atomic mass is 19.1. The Labute approximate surface area is 115 Å². The van der Waals surface area contributed by atoms with Gasteiger partial charge in [0.2, 0.25) is 0 Å². The Bertz CT molecular complexity index is 641. The third-order valence-corrected chi connectivity index (χ3v) is 2.67. The molecule has 0 saturated heterocycles. The van der Waals surface area contributed by atoms with Gasteiger partial charge in [0.1, 0.15) is 5.82 Å². The standard InChI is InChI=1S/C15H12FNO3/c1-20-15(19)12-9-11(7-8-13(12)16)17-14(18)10-5-3-2-4-6-10/h2-9H,1H3,(H,17,18). The zero-order chi connectivity index (χ0) is 14.5. The molecule has 0 fully saturated rings. The number of amides is 1. The Morgan fingerprint density at radius 3 is 2.45 bits per heavy atom. The molecule has 1 N–H and O–H groups in total. The summed E-state index contributed by atoms with van der Waals surface area (Å²) in [7, 11) is 1.16. The van der Waals surface area contributed by atoms with Crippen LogP contribution >= 0.6 is 0 Å². The monoisotopic (exact) mass is 273 g/mol. The van der Waals surface area contributed by atoms with Gasteiger partial charge in [0.05, 0.1) is 12.7 Å². The normalized spacial score (nSPS) is 9.90. The van der Waals surface area contributed by atoms with E-state index >= 15 is 0 Å². The van der Waals surface area contributed by atoms with E-state index in [2.05, 4.69) is 10.1 Å². The molecular formula is C15H12FNO3. The molecule has 2 rings (SSSR count). The summed E-state index contributed by atoms with van der Waals surface area (Å²) in [5.41, 5.74) is 0.565. The van der Waals surface area contributed by atoms with E-state index in [1.807, 2.05) is 0 Å². The number of methoxy groups -OCH3 is 1. The fraction of sp³-hybridized carbons (Fsp3) is 0.0667. The van der Waals surface area contributed by atoms with Crippen molar-refractivity contribution in [3.05, 3.63) is 65.5 Å². The van der Waals surface area contributed by atoms with Crippen LogP contribution in [0.2, 0.25) is 0 Å². The maximum atomic E-state index is 13.5. The van der Waals surface area contributed by atoms with Crippen molar-refractivity contribution < 1.29 is 18.7 Å². The summed E-state index contributed by atoms with van der Waals surface area (Å²) < 4.78 is 17.9. The van der Waals surface area contributed by atoms with Crippen molar-refractivity contribution in [3.8, 4) is 0 Å². The molecule has 0 aromatic heterocycles. The average Bonchev–Trinajstić information content (AvgIpc) is 2.49. The molecule has 0 aliphatic rings. The summed E-state index contributed by atoms with van der Waals surface area (Å²) in [6, 6.07) is 12.3. The fourth-order valence-corrected chi connectivity index (χ4v) is 1.66. The van der Waals surface area contributed by atoms with Crippen LogP contribution in [0.5, 0.6) is 0 Å². The molecule has 0 atom stereocenters. The van der Waals surface area contributed by atoms with Crippen molar-refractivity contribution in [2.45, 2.75) is 0 Å². The molecule has 2 aromatic rings. The number of nitrogens with one attached hydrogen (secondary N) is 1. The molecule has 1 amide bonds. The Kier molecular flexibility index (Phi) is 4.10. The summed E-state index contributed by atoms with van der Waals surface area (Å²) in [6.45, 7) is 0. The van der Waals surface area contributed by atoms with Crippen molar-refractivity contribution in [1.29, 1.82) is 0 Å². The third-order valence-electron chi connectivity index (χ3n) is 2.67. The highest BCUT2D eigenvalue weighted by Gasteiger charge is 2.14. The van der Waals surface area contributed by atoms with Crippen molar-refractivity contribution in [2.24, 2.45) is 0 Å². The van der Waals surface area contributed by atoms with Crippen molar-refractivity contribution in [3.63, 3.8) is 0 Å². The number of anilines is 1. The molecule has 0 heterocycles. The van der Waals surface area contributed by atoms with Crippen LogP contribution in [0.1, 0.15) is 20.7 Å². The van der Waals surface area contributed by atoms with Crippen LogP contribution in [0.4, 0.5) is 10.1 Å². The number of ether oxygens (including phenoxy) is 1. The molecule has 5 heteroatoms. The second kappa shape index (κ2) is 5.97. The van der Waals surface area contributed by atoms with E-state index in [0.29, 0.717) is 11.3 Å². The number of halogens is 1. The number of carbonyl (C=O) groups excluding carboxylic acids is 2. The van der Waals surface area contributed by atoms with E-state index in [9.17, 15) is 14.0 Å². The van der Waals surface area contributed by atoms with Gasteiger partial charge in [-0.1, -0.05) is 18.2 Å². The molecular weight excluding hydrogens is 261 g/mol. The molecule has 0 saturated carbocycles. The van der Waals surface area contributed by atoms with Gasteiger partial charge in [0.25, 0.3) is 5.91 Å². The zero-order valence-corrected chi connectivity index (χ0v) is 10.7. The molecule has 20 heavy (non-hydrogen) atoms. The third kappa shape index (κ3) is 3.00. The van der Waals surface area contributed by atoms with Gasteiger partial charge in [0.15, 0.2) is 0 Å². The van der Waals surface area contributed by atoms with Gasteiger partial charge in [-0.25, -0.2) is 9.18 Å². The summed E-state index contributed by atoms with van der Waals surface area (Å²) in [4.78, 5) is 23.3. The summed E-state index contributed by atoms with van der Waals surface area (Å²) in [6.07, 6.45) is 0. The highest BCUT2D eigenvalue weighted by molar-refractivity contribution is 6.04. The van der Waals surface area contributed by atoms with E-state index in [-0.39, 0.29) is 11.5 Å². The van der Waals surface area contributed by atoms with Crippen LogP contribution in [0.15, 0.2) is 48.5 Å². The summed E-state index contributed by atoms with van der Waals surface area (Å²) in [5.74, 6) is -1.83. The van der Waals surface area contributed by atoms with Crippen LogP contribution in [-0.4, -0.2) is 19.0 Å². The van der Waals surface area contributed by atoms with Gasteiger partial charge in [0, 0.05) is 11.3 Å². The van der Waals surface area contributed by atoms with Gasteiger partial charge < -0.3 is 10.1 Å². The van der Waals surface area contributed by atoms with Crippen LogP contribution in [0, 0.1) is 5.82 Å². The highest BCUT2D eigenvalue weighted by Crippen LogP contribution is 2.16. The first-order chi connectivity index (χ1) is 9.61. The summed E-state index contributed by atoms with van der Waals surface area (Å²) in [5, 5.41) is 2.59. The molecule has 102 valence electrons. The van der Waals surface area contributed by atoms with Crippen LogP contribution in [0.25, 0.3) is 0 Å². The van der Waals surface area contributed by atoms with E-state index in [1.165, 1.54) is 12.1 Å². The smallest absolute Gasteiger partial charge is 0.340 e. The average molecular weight is 273 g/mol. The minimum atomic E-state index is -0.793. The maximum Gasteiger partial charge on any atom is 0.340 e. The molecule has 0 unspecified atom stereocenters. The molecule has 0 radical (unpaired) electrons. The van der Waals surface area contributed by atoms with Crippen molar-refractivity contribution in [1.82, 2.24) is 0 Å². The topological polar surface area (TPSA) is 55.4 Å². The van der Waals surface area contributed by atoms with Gasteiger partial charge in [-0.05, 0) is 30.3 Å². The van der Waals surface area contributed by atoms with Crippen molar-refractivity contribution >= 4 is 17.6 Å². The minimum Gasteiger partial charge on any atom is -0.465 e. The van der Waals surface area contributed by atoms with E-state index in [0.717, 1.165) is 13.2 Å². The lowest BCUT2D eigenvalue weighted by atomic mass is 10.1. The second-order valence-electron chi connectivity index (χ2n) is 4.01. The molecule has 4 nitrogen and oxygen atoms in total. The first kappa shape index (κ1) is 13.7. The Morgan fingerprint density at radius 2 is 1.80 bits per heavy atom. The molecule has 2 aromatic carbocycles. The number of hydrogen-bond acceptors (Lipinski definition) is 3. The van der Waals surface area contributed by atoms with Crippen LogP contribution in [0.3, 0.4) is 0 Å². The maximum absolute atomic E-state index is 13.5. The quantitative estimate of drug-likeness (QED) is 0.875. The van der Waals surface area contributed by atoms with Gasteiger partial charge in [-0.2, -0.15) is 0 Å². The first-order valence-corrected chi connectivity index (χ1v) is 5.86. The Balaban J connectivity index is 2.22. The lowest BCUT2D eigenvalue weighted by molar-refractivity contribution is 0.0595. The number of esters is 1. The molecule has 0 aliphatic carbocycles. The lowest BCUT2D eigenvalue weighted by Gasteiger charge is -2.07. The predicted octanol–water partition coefficient (Wildman–Crippen LogP) is 2.86. The van der Waals surface area contributed by atoms with Crippen LogP contribution < -0.4 is 5.32 Å². The molecule has 0 bridgehead atoms. The fourth-order valence-electron chi connectivity index (χ4n) is 1.66. The number of hydrogen-bond donors (Lipinski definition) is 1. The van der Waals surface area contributed by atoms with E-state index in [1.54, 1.807) is 30.3 Å². The first-order valence-electron chi connectivity index (χ1n) is 5.86. The second-order valence-corrected chi connectivity index (χ2v) is 4.01. The number of benzene rings is 2. The molecule has 0 aliphatic heterocycles. The van der Waals surface area contributed by atoms with Crippen LogP contribution in [-0.2, 0) is 4.74 Å². The number of rotatable bonds is 3. The van der Waals surface area contributed by atoms with E-state index < -0.39 is 11.8 Å². The summed E-state index contributed by atoms with van der Waals surface area (Å²) >= 11 is 0. The lowest BCUT2D eigenvalue weighted by Crippen LogP contribution is -2.13. The Hall–Kier alpha value is -2.69. The van der Waals surface area contributed by atoms with E-state index in [4.69, 9.17) is 0 Å². The van der Waals surface area contributed by atoms with Gasteiger partial charge >= 0.3 is 5.97 Å². The predicted molar refractivity (Wildman–Crippen MR) is 72.1 cm³/mol. The minimum absolute atomic E-state index is 0.224. The van der Waals surface area contributed by atoms with Gasteiger partial charge in [-0.3, -0.25) is 4.79 Å². The zero-order valence-electron chi connectivity index (χ0n) is 10.7. The SMILES string of the molecule is COC(=O)c1cc(NC(=O)c2ccccc2)ccc1F. The largest absolute Gasteiger partial charge is 0.465 e. The van der Waals surface area contributed by atoms with Crippen molar-refractivity contribution in [2.75, 3.05) is 12.4 Å². The molecule has 0 spiro atoms. The van der Waals surface area contributed by atoms with Gasteiger partial charge in [-0.15, -0.1) is 0 Å².